The van der Waals surface area contributed by atoms with Gasteiger partial charge in [-0.1, -0.05) is 32.9 Å². The van der Waals surface area contributed by atoms with Crippen molar-refractivity contribution in [2.24, 2.45) is 0 Å². The summed E-state index contributed by atoms with van der Waals surface area (Å²) in [5.74, 6) is 1.46. The second-order valence-corrected chi connectivity index (χ2v) is 7.41. The van der Waals surface area contributed by atoms with Crippen LogP contribution >= 0.6 is 0 Å². The molecular weight excluding hydrogens is 364 g/mol. The van der Waals surface area contributed by atoms with Gasteiger partial charge in [-0.25, -0.2) is 5.10 Å². The molecule has 2 aromatic carbocycles. The third kappa shape index (κ3) is 3.78. The zero-order valence-corrected chi connectivity index (χ0v) is 17.4. The molecule has 6 nitrogen and oxygen atoms in total. The fourth-order valence-corrected chi connectivity index (χ4v) is 3.97. The van der Waals surface area contributed by atoms with Crippen LogP contribution in [0.3, 0.4) is 0 Å². The van der Waals surface area contributed by atoms with Gasteiger partial charge in [0.25, 0.3) is 5.56 Å². The van der Waals surface area contributed by atoms with E-state index in [1.165, 1.54) is 5.56 Å². The molecule has 4 rings (SSSR count). The molecule has 0 spiro atoms. The van der Waals surface area contributed by atoms with Crippen molar-refractivity contribution in [2.45, 2.75) is 27.3 Å². The van der Waals surface area contributed by atoms with Crippen molar-refractivity contribution >= 4 is 10.8 Å². The van der Waals surface area contributed by atoms with Crippen LogP contribution in [0.2, 0.25) is 0 Å². The number of ether oxygens (including phenoxy) is 1. The smallest absolute Gasteiger partial charge is 0.272 e. The summed E-state index contributed by atoms with van der Waals surface area (Å²) in [5, 5.41) is 8.39. The van der Waals surface area contributed by atoms with Crippen molar-refractivity contribution in [2.75, 3.05) is 32.7 Å². The Bertz CT molecular complexity index is 1070. The molecule has 1 aliphatic rings. The van der Waals surface area contributed by atoms with Gasteiger partial charge in [0.2, 0.25) is 0 Å². The van der Waals surface area contributed by atoms with Crippen molar-refractivity contribution < 1.29 is 4.74 Å². The first-order valence-electron chi connectivity index (χ1n) is 10.4. The largest absolute Gasteiger partial charge is 0.456 e. The Morgan fingerprint density at radius 2 is 1.72 bits per heavy atom. The van der Waals surface area contributed by atoms with Gasteiger partial charge < -0.3 is 9.64 Å². The SMILES string of the molecule is CCN(CC)CCN(CC)Cc1ccc2c(c1)-c1n[nH]c(=O)c3cccc(c13)O2. The average molecular weight is 393 g/mol. The molecule has 0 saturated carbocycles. The van der Waals surface area contributed by atoms with E-state index in [9.17, 15) is 4.79 Å². The maximum atomic E-state index is 12.2. The van der Waals surface area contributed by atoms with E-state index >= 15 is 0 Å². The molecular formula is C23H28N4O2. The topological polar surface area (TPSA) is 61.5 Å². The summed E-state index contributed by atoms with van der Waals surface area (Å²) in [7, 11) is 0. The molecule has 152 valence electrons. The number of hydrogen-bond acceptors (Lipinski definition) is 5. The maximum Gasteiger partial charge on any atom is 0.272 e. The van der Waals surface area contributed by atoms with Crippen LogP contribution in [0.25, 0.3) is 22.0 Å². The number of likely N-dealkylation sites (N-methyl/N-ethyl adjacent to an activating group) is 2. The molecule has 0 fully saturated rings. The lowest BCUT2D eigenvalue weighted by atomic mass is 9.99. The van der Waals surface area contributed by atoms with E-state index in [0.717, 1.165) is 61.7 Å². The quantitative estimate of drug-likeness (QED) is 0.493. The van der Waals surface area contributed by atoms with Gasteiger partial charge >= 0.3 is 0 Å². The van der Waals surface area contributed by atoms with Gasteiger partial charge in [-0.3, -0.25) is 9.69 Å². The number of benzene rings is 2. The molecule has 0 amide bonds. The Balaban J connectivity index is 1.63. The summed E-state index contributed by atoms with van der Waals surface area (Å²) in [6.07, 6.45) is 0. The average Bonchev–Trinajstić information content (AvgIpc) is 2.75. The highest BCUT2D eigenvalue weighted by molar-refractivity contribution is 6.01. The molecule has 1 aromatic heterocycles. The van der Waals surface area contributed by atoms with E-state index in [0.29, 0.717) is 11.1 Å². The molecule has 0 aliphatic carbocycles. The van der Waals surface area contributed by atoms with Gasteiger partial charge in [0.05, 0.1) is 10.8 Å². The van der Waals surface area contributed by atoms with E-state index in [2.05, 4.69) is 52.9 Å². The molecule has 1 N–H and O–H groups in total. The van der Waals surface area contributed by atoms with E-state index < -0.39 is 0 Å². The molecule has 6 heteroatoms. The van der Waals surface area contributed by atoms with Gasteiger partial charge in [-0.2, -0.15) is 5.10 Å². The third-order valence-corrected chi connectivity index (χ3v) is 5.78. The van der Waals surface area contributed by atoms with Crippen LogP contribution in [0.5, 0.6) is 11.5 Å². The minimum Gasteiger partial charge on any atom is -0.456 e. The summed E-state index contributed by atoms with van der Waals surface area (Å²) in [6.45, 7) is 12.8. The first-order valence-corrected chi connectivity index (χ1v) is 10.4. The lowest BCUT2D eigenvalue weighted by Crippen LogP contribution is -2.34. The van der Waals surface area contributed by atoms with Crippen molar-refractivity contribution in [1.82, 2.24) is 20.0 Å². The predicted molar refractivity (Wildman–Crippen MR) is 117 cm³/mol. The summed E-state index contributed by atoms with van der Waals surface area (Å²) >= 11 is 0. The van der Waals surface area contributed by atoms with Crippen LogP contribution in [-0.4, -0.2) is 52.7 Å². The van der Waals surface area contributed by atoms with E-state index in [-0.39, 0.29) is 5.56 Å². The van der Waals surface area contributed by atoms with Crippen molar-refractivity contribution in [3.8, 4) is 22.8 Å². The number of nitrogens with zero attached hydrogens (tertiary/aromatic N) is 3. The lowest BCUT2D eigenvalue weighted by Gasteiger charge is -2.26. The Morgan fingerprint density at radius 1 is 0.966 bits per heavy atom. The van der Waals surface area contributed by atoms with Crippen molar-refractivity contribution in [3.05, 3.63) is 52.3 Å². The molecule has 3 aromatic rings. The first kappa shape index (κ1) is 19.6. The van der Waals surface area contributed by atoms with E-state index in [4.69, 9.17) is 4.74 Å². The Hall–Kier alpha value is -2.70. The van der Waals surface area contributed by atoms with Gasteiger partial charge in [0.15, 0.2) is 0 Å². The first-order chi connectivity index (χ1) is 14.1. The minimum atomic E-state index is -0.192. The normalized spacial score (nSPS) is 12.4. The fourth-order valence-electron chi connectivity index (χ4n) is 3.97. The zero-order chi connectivity index (χ0) is 20.4. The van der Waals surface area contributed by atoms with Crippen molar-refractivity contribution in [1.29, 1.82) is 0 Å². The van der Waals surface area contributed by atoms with Crippen LogP contribution in [0.4, 0.5) is 0 Å². The highest BCUT2D eigenvalue weighted by atomic mass is 16.5. The Kier molecular flexibility index (Phi) is 5.65. The number of aromatic amines is 1. The van der Waals surface area contributed by atoms with Crippen LogP contribution in [-0.2, 0) is 6.54 Å². The molecule has 0 atom stereocenters. The van der Waals surface area contributed by atoms with Gasteiger partial charge in [-0.05, 0) is 49.5 Å². The maximum absolute atomic E-state index is 12.2. The number of aromatic nitrogens is 2. The lowest BCUT2D eigenvalue weighted by molar-refractivity contribution is 0.215. The van der Waals surface area contributed by atoms with Gasteiger partial charge in [0, 0.05) is 25.2 Å². The minimum absolute atomic E-state index is 0.192. The summed E-state index contributed by atoms with van der Waals surface area (Å²) in [5.41, 5.74) is 2.74. The second-order valence-electron chi connectivity index (χ2n) is 7.41. The van der Waals surface area contributed by atoms with E-state index in [1.807, 2.05) is 24.3 Å². The van der Waals surface area contributed by atoms with Crippen LogP contribution in [0.15, 0.2) is 41.2 Å². The van der Waals surface area contributed by atoms with Crippen LogP contribution in [0, 0.1) is 0 Å². The number of hydrogen-bond donors (Lipinski definition) is 1. The van der Waals surface area contributed by atoms with Gasteiger partial charge in [-0.15, -0.1) is 0 Å². The summed E-state index contributed by atoms with van der Waals surface area (Å²) in [4.78, 5) is 17.1. The van der Waals surface area contributed by atoms with Gasteiger partial charge in [0.1, 0.15) is 17.2 Å². The number of rotatable bonds is 8. The third-order valence-electron chi connectivity index (χ3n) is 5.78. The molecule has 0 unspecified atom stereocenters. The number of fused-ring (bicyclic) bond motifs is 2. The zero-order valence-electron chi connectivity index (χ0n) is 17.4. The summed E-state index contributed by atoms with van der Waals surface area (Å²) in [6, 6.07) is 11.8. The molecule has 29 heavy (non-hydrogen) atoms. The second kappa shape index (κ2) is 8.35. The predicted octanol–water partition coefficient (Wildman–Crippen LogP) is 3.86. The highest BCUT2D eigenvalue weighted by Gasteiger charge is 2.23. The molecule has 0 saturated heterocycles. The Labute approximate surface area is 171 Å². The van der Waals surface area contributed by atoms with Crippen molar-refractivity contribution in [3.63, 3.8) is 0 Å². The Morgan fingerprint density at radius 3 is 2.48 bits per heavy atom. The standard InChI is InChI=1S/C23H28N4O2/c1-4-26(5-2)12-13-27(6-3)15-16-10-11-19-18(14-16)22-21-17(23(28)25-24-22)8-7-9-20(21)29-19/h7-11,14H,4-6,12-13,15H2,1-3H3,(H,25,28). The monoisotopic (exact) mass is 392 g/mol. The molecule has 0 radical (unpaired) electrons. The fraction of sp³-hybridized carbons (Fsp3) is 0.391. The number of nitrogens with one attached hydrogen (secondary N) is 1. The molecule has 2 heterocycles. The van der Waals surface area contributed by atoms with E-state index in [1.54, 1.807) is 0 Å². The summed E-state index contributed by atoms with van der Waals surface area (Å²) < 4.78 is 6.09. The highest BCUT2D eigenvalue weighted by Crippen LogP contribution is 2.44. The molecule has 1 aliphatic heterocycles. The van der Waals surface area contributed by atoms with Crippen LogP contribution < -0.4 is 10.3 Å². The molecule has 0 bridgehead atoms. The van der Waals surface area contributed by atoms with Crippen LogP contribution in [0.1, 0.15) is 26.3 Å². The number of H-pyrrole nitrogens is 1.